The van der Waals surface area contributed by atoms with Crippen molar-refractivity contribution < 1.29 is 55.7 Å². The Hall–Kier alpha value is -7.24. The van der Waals surface area contributed by atoms with Crippen molar-refractivity contribution in [3.05, 3.63) is 139 Å². The minimum Gasteiger partial charge on any atom is -0.497 e. The number of imide groups is 1. The van der Waals surface area contributed by atoms with E-state index in [1.165, 1.54) is 117 Å². The largest absolute Gasteiger partial charge is 0.497 e. The summed E-state index contributed by atoms with van der Waals surface area (Å²) in [6.07, 6.45) is -0.652. The van der Waals surface area contributed by atoms with Crippen LogP contribution in [0.5, 0.6) is 11.5 Å². The van der Waals surface area contributed by atoms with Crippen LogP contribution in [0.1, 0.15) is 27.1 Å². The van der Waals surface area contributed by atoms with Crippen LogP contribution in [0.4, 0.5) is 17.1 Å². The molecule has 7 rings (SSSR count). The van der Waals surface area contributed by atoms with Crippen molar-refractivity contribution in [2.45, 2.75) is 16.2 Å². The molecule has 0 bridgehead atoms. The zero-order valence-corrected chi connectivity index (χ0v) is 33.5. The van der Waals surface area contributed by atoms with Crippen LogP contribution in [0, 0.1) is 0 Å². The van der Waals surface area contributed by atoms with E-state index in [4.69, 9.17) is 9.47 Å². The molecule has 17 heteroatoms. The smallest absolute Gasteiger partial charge is 0.324 e. The van der Waals surface area contributed by atoms with E-state index in [0.29, 0.717) is 15.8 Å². The third-order valence-corrected chi connectivity index (χ3v) is 13.4. The molecule has 6 aromatic rings. The van der Waals surface area contributed by atoms with E-state index in [2.05, 4.69) is 0 Å². The summed E-state index contributed by atoms with van der Waals surface area (Å²) in [6.45, 7) is -1.64. The van der Waals surface area contributed by atoms with E-state index in [1.807, 2.05) is 0 Å². The molecular weight excluding hydrogens is 815 g/mol. The predicted octanol–water partition coefficient (Wildman–Crippen LogP) is 6.27. The molecule has 0 atom stereocenters. The summed E-state index contributed by atoms with van der Waals surface area (Å²) in [6, 6.07) is 30.5. The molecule has 6 aromatic carbocycles. The highest BCUT2D eigenvalue weighted by atomic mass is 32.2. The lowest BCUT2D eigenvalue weighted by Gasteiger charge is -2.31. The van der Waals surface area contributed by atoms with Crippen LogP contribution >= 0.6 is 0 Å². The molecule has 0 aromatic heterocycles. The molecule has 0 aliphatic carbocycles. The molecule has 60 heavy (non-hydrogen) atoms. The number of fused-ring (bicyclic) bond motifs is 2. The first-order valence-electron chi connectivity index (χ1n) is 18.1. The second-order valence-corrected chi connectivity index (χ2v) is 17.1. The van der Waals surface area contributed by atoms with Crippen molar-refractivity contribution in [2.24, 2.45) is 0 Å². The summed E-state index contributed by atoms with van der Waals surface area (Å²) >= 11 is 0. The molecule has 0 fully saturated rings. The van der Waals surface area contributed by atoms with E-state index in [0.717, 1.165) is 9.21 Å². The van der Waals surface area contributed by atoms with Gasteiger partial charge in [0.1, 0.15) is 18.0 Å². The fourth-order valence-corrected chi connectivity index (χ4v) is 9.90. The monoisotopic (exact) mass is 849 g/mol. The van der Waals surface area contributed by atoms with E-state index in [9.17, 15) is 46.2 Å². The van der Waals surface area contributed by atoms with Crippen LogP contribution in [-0.2, 0) is 29.6 Å². The number of amides is 2. The van der Waals surface area contributed by atoms with Crippen molar-refractivity contribution in [3.63, 3.8) is 0 Å². The molecule has 2 N–H and O–H groups in total. The Bertz CT molecular complexity index is 2870. The molecule has 0 saturated heterocycles. The summed E-state index contributed by atoms with van der Waals surface area (Å²) in [5.41, 5.74) is 0.671. The molecule has 0 spiro atoms. The lowest BCUT2D eigenvalue weighted by Crippen LogP contribution is -2.36. The van der Waals surface area contributed by atoms with Gasteiger partial charge in [-0.1, -0.05) is 48.5 Å². The van der Waals surface area contributed by atoms with Gasteiger partial charge >= 0.3 is 11.9 Å². The molecule has 1 aliphatic rings. The minimum absolute atomic E-state index is 0.0420. The molecule has 1 aliphatic heterocycles. The van der Waals surface area contributed by atoms with Gasteiger partial charge in [-0.3, -0.25) is 27.8 Å². The van der Waals surface area contributed by atoms with Crippen LogP contribution in [0.15, 0.2) is 137 Å². The number of methoxy groups -OCH3 is 2. The topological polar surface area (TPSA) is 205 Å². The number of benzene rings is 6. The van der Waals surface area contributed by atoms with Gasteiger partial charge in [0.15, 0.2) is 0 Å². The lowest BCUT2D eigenvalue weighted by molar-refractivity contribution is -0.137. The molecule has 2 amide bonds. The fraction of sp³-hybridized carbons (Fsp3) is 0.116. The number of carboxylic acids is 2. The van der Waals surface area contributed by atoms with E-state index < -0.39 is 63.3 Å². The third-order valence-electron chi connectivity index (χ3n) is 9.85. The van der Waals surface area contributed by atoms with Gasteiger partial charge in [-0.2, -0.15) is 0 Å². The number of ether oxygens (including phenoxy) is 2. The molecule has 0 unspecified atom stereocenters. The highest BCUT2D eigenvalue weighted by molar-refractivity contribution is 7.93. The van der Waals surface area contributed by atoms with Crippen LogP contribution in [-0.4, -0.2) is 78.1 Å². The number of rotatable bonds is 15. The van der Waals surface area contributed by atoms with Crippen molar-refractivity contribution in [3.8, 4) is 22.6 Å². The number of carbonyl (C=O) groups excluding carboxylic acids is 2. The maximum absolute atomic E-state index is 14.8. The molecule has 1 heterocycles. The Balaban J connectivity index is 1.50. The number of aliphatic carboxylic acids is 2. The first-order chi connectivity index (χ1) is 28.7. The Morgan fingerprint density at radius 1 is 0.600 bits per heavy atom. The molecule has 15 nitrogen and oxygen atoms in total. The summed E-state index contributed by atoms with van der Waals surface area (Å²) in [7, 11) is -6.47. The van der Waals surface area contributed by atoms with Gasteiger partial charge in [0.25, 0.3) is 31.9 Å². The number of sulfonamides is 2. The highest BCUT2D eigenvalue weighted by Crippen LogP contribution is 2.46. The second kappa shape index (κ2) is 16.2. The van der Waals surface area contributed by atoms with Crippen molar-refractivity contribution in [2.75, 3.05) is 40.8 Å². The normalized spacial score (nSPS) is 12.6. The summed E-state index contributed by atoms with van der Waals surface area (Å²) < 4.78 is 70.5. The molecule has 0 saturated carbocycles. The second-order valence-electron chi connectivity index (χ2n) is 13.4. The maximum atomic E-state index is 14.8. The van der Waals surface area contributed by atoms with Gasteiger partial charge in [-0.25, -0.2) is 21.7 Å². The van der Waals surface area contributed by atoms with Gasteiger partial charge in [-0.05, 0) is 84.4 Å². The lowest BCUT2D eigenvalue weighted by atomic mass is 9.96. The number of nitrogens with zero attached hydrogens (tertiary/aromatic N) is 3. The summed E-state index contributed by atoms with van der Waals surface area (Å²) in [4.78, 5) is 51.8. The summed E-state index contributed by atoms with van der Waals surface area (Å²) in [5.74, 6) is -3.23. The van der Waals surface area contributed by atoms with Crippen LogP contribution in [0.2, 0.25) is 0 Å². The van der Waals surface area contributed by atoms with Crippen LogP contribution < -0.4 is 23.0 Å². The molecule has 306 valence electrons. The highest BCUT2D eigenvalue weighted by Gasteiger charge is 2.37. The fourth-order valence-electron chi connectivity index (χ4n) is 6.97. The SMILES string of the molecule is COc1ccc(S(=O)(=O)N(CC(=O)O)c2cc(-c3ccc(N4C(=O)c5ccccc5C4=O)cc3)c(N(CCC(=O)O)S(=O)(=O)c3ccc(OC)cc3)c3ccccc23)cc1. The molecule has 0 radical (unpaired) electrons. The van der Waals surface area contributed by atoms with Crippen LogP contribution in [0.25, 0.3) is 21.9 Å². The van der Waals surface area contributed by atoms with Crippen molar-refractivity contribution in [1.29, 1.82) is 0 Å². The Kier molecular flexibility index (Phi) is 11.0. The van der Waals surface area contributed by atoms with Gasteiger partial charge < -0.3 is 19.7 Å². The van der Waals surface area contributed by atoms with Gasteiger partial charge in [0.05, 0.1) is 58.6 Å². The first-order valence-corrected chi connectivity index (χ1v) is 21.0. The summed E-state index contributed by atoms with van der Waals surface area (Å²) in [5, 5.41) is 20.2. The Morgan fingerprint density at radius 2 is 1.08 bits per heavy atom. The zero-order valence-electron chi connectivity index (χ0n) is 31.9. The van der Waals surface area contributed by atoms with E-state index in [1.54, 1.807) is 24.3 Å². The zero-order chi connectivity index (χ0) is 42.9. The van der Waals surface area contributed by atoms with E-state index >= 15 is 0 Å². The van der Waals surface area contributed by atoms with Crippen LogP contribution in [0.3, 0.4) is 0 Å². The maximum Gasteiger partial charge on any atom is 0.324 e. The standard InChI is InChI=1S/C43H35N3O12S2/c1-57-29-15-19-31(20-16-29)59(53,54)44(24-23-39(47)48)41-34-8-4-3-7-33(34)38(45(26-40(49)50)60(55,56)32-21-17-30(58-2)18-22-32)25-37(41)27-11-13-28(14-12-27)46-42(51)35-9-5-6-10-36(35)43(46)52/h3-22,25H,23-24,26H2,1-2H3,(H,47,48)(H,49,50). The minimum atomic E-state index is -4.66. The number of hydrogen-bond donors (Lipinski definition) is 2. The number of carbonyl (C=O) groups is 4. The predicted molar refractivity (Wildman–Crippen MR) is 222 cm³/mol. The third kappa shape index (κ3) is 7.46. The number of anilines is 3. The van der Waals surface area contributed by atoms with Crippen molar-refractivity contribution >= 4 is 71.6 Å². The Labute approximate surface area is 344 Å². The Morgan fingerprint density at radius 3 is 1.57 bits per heavy atom. The van der Waals surface area contributed by atoms with E-state index in [-0.39, 0.29) is 59.9 Å². The van der Waals surface area contributed by atoms with Gasteiger partial charge in [-0.15, -0.1) is 0 Å². The number of hydrogen-bond acceptors (Lipinski definition) is 10. The number of carboxylic acid groups (broad SMARTS) is 2. The molecular formula is C43H35N3O12S2. The quantitative estimate of drug-likeness (QED) is 0.110. The first kappa shape index (κ1) is 40.9. The van der Waals surface area contributed by atoms with Gasteiger partial charge in [0, 0.05) is 22.9 Å². The average Bonchev–Trinajstić information content (AvgIpc) is 3.51. The average molecular weight is 850 g/mol. The van der Waals surface area contributed by atoms with Crippen molar-refractivity contribution in [1.82, 2.24) is 0 Å². The van der Waals surface area contributed by atoms with Gasteiger partial charge in [0.2, 0.25) is 0 Å².